The van der Waals surface area contributed by atoms with Crippen molar-refractivity contribution in [3.63, 3.8) is 0 Å². The van der Waals surface area contributed by atoms with Crippen molar-refractivity contribution in [1.29, 1.82) is 0 Å². The predicted octanol–water partition coefficient (Wildman–Crippen LogP) is 2.43. The highest BCUT2D eigenvalue weighted by Crippen LogP contribution is 2.26. The van der Waals surface area contributed by atoms with Gasteiger partial charge in [-0.3, -0.25) is 0 Å². The van der Waals surface area contributed by atoms with Gasteiger partial charge in [0.25, 0.3) is 0 Å². The minimum atomic E-state index is 0.266. The van der Waals surface area contributed by atoms with Crippen LogP contribution >= 0.6 is 0 Å². The molecule has 1 aromatic heterocycles. The number of imidazole rings is 1. The average Bonchev–Trinajstić information content (AvgIpc) is 3.08. The summed E-state index contributed by atoms with van der Waals surface area (Å²) in [5.74, 6) is 0.998. The molecule has 1 aliphatic heterocycles. The highest BCUT2D eigenvalue weighted by atomic mass is 16.5. The fourth-order valence-electron chi connectivity index (χ4n) is 2.62. The van der Waals surface area contributed by atoms with Crippen LogP contribution in [0.2, 0.25) is 0 Å². The molecule has 1 saturated heterocycles. The summed E-state index contributed by atoms with van der Waals surface area (Å²) in [5.41, 5.74) is 3.55. The molecule has 2 atom stereocenters. The summed E-state index contributed by atoms with van der Waals surface area (Å²) in [5, 5.41) is 3.43. The monoisotopic (exact) mass is 257 g/mol. The van der Waals surface area contributed by atoms with Crippen LogP contribution in [0.4, 0.5) is 0 Å². The third-order valence-corrected chi connectivity index (χ3v) is 3.78. The molecule has 3 rings (SSSR count). The summed E-state index contributed by atoms with van der Waals surface area (Å²) < 4.78 is 5.37. The maximum atomic E-state index is 5.37. The molecule has 2 heterocycles. The zero-order valence-corrected chi connectivity index (χ0v) is 11.3. The molecule has 2 unspecified atom stereocenters. The van der Waals surface area contributed by atoms with Crippen molar-refractivity contribution >= 4 is 0 Å². The van der Waals surface area contributed by atoms with Crippen LogP contribution < -0.4 is 5.32 Å². The van der Waals surface area contributed by atoms with Gasteiger partial charge in [-0.15, -0.1) is 0 Å². The Morgan fingerprint density at radius 2 is 2.16 bits per heavy atom. The number of nitrogens with one attached hydrogen (secondary N) is 2. The third-order valence-electron chi connectivity index (χ3n) is 3.78. The van der Waals surface area contributed by atoms with Gasteiger partial charge in [-0.05, 0) is 18.9 Å². The van der Waals surface area contributed by atoms with Crippen molar-refractivity contribution in [2.75, 3.05) is 13.7 Å². The lowest BCUT2D eigenvalue weighted by atomic mass is 10.1. The number of nitrogens with zero attached hydrogens (tertiary/aromatic N) is 1. The van der Waals surface area contributed by atoms with Crippen LogP contribution in [0.15, 0.2) is 30.5 Å². The zero-order valence-electron chi connectivity index (χ0n) is 11.3. The lowest BCUT2D eigenvalue weighted by Crippen LogP contribution is -2.16. The van der Waals surface area contributed by atoms with Crippen molar-refractivity contribution in [3.05, 3.63) is 41.9 Å². The molecule has 4 heteroatoms. The molecular weight excluding hydrogens is 238 g/mol. The second kappa shape index (κ2) is 5.15. The minimum Gasteiger partial charge on any atom is -0.380 e. The predicted molar refractivity (Wildman–Crippen MR) is 74.9 cm³/mol. The first-order valence-electron chi connectivity index (χ1n) is 6.65. The normalized spacial score (nSPS) is 22.8. The number of hydrogen-bond donors (Lipinski definition) is 2. The molecule has 1 aliphatic rings. The number of aromatic amines is 1. The first-order valence-corrected chi connectivity index (χ1v) is 6.65. The van der Waals surface area contributed by atoms with Gasteiger partial charge in [-0.1, -0.05) is 24.3 Å². The highest BCUT2D eigenvalue weighted by molar-refractivity contribution is 5.62. The lowest BCUT2D eigenvalue weighted by Gasteiger charge is -2.07. The first-order chi connectivity index (χ1) is 9.28. The lowest BCUT2D eigenvalue weighted by molar-refractivity contribution is 0.117. The Kier molecular flexibility index (Phi) is 3.36. The zero-order chi connectivity index (χ0) is 13.2. The van der Waals surface area contributed by atoms with Crippen LogP contribution in [-0.2, 0) is 4.74 Å². The Morgan fingerprint density at radius 3 is 2.89 bits per heavy atom. The summed E-state index contributed by atoms with van der Waals surface area (Å²) in [6.07, 6.45) is 3.17. The van der Waals surface area contributed by atoms with Crippen molar-refractivity contribution in [1.82, 2.24) is 15.3 Å². The van der Waals surface area contributed by atoms with Gasteiger partial charge in [-0.25, -0.2) is 4.98 Å². The average molecular weight is 257 g/mol. The molecule has 0 saturated carbocycles. The molecule has 19 heavy (non-hydrogen) atoms. The summed E-state index contributed by atoms with van der Waals surface area (Å²) in [6.45, 7) is 3.01. The molecule has 0 radical (unpaired) electrons. The molecule has 4 nitrogen and oxygen atoms in total. The molecule has 0 amide bonds. The fourth-order valence-corrected chi connectivity index (χ4v) is 2.62. The van der Waals surface area contributed by atoms with Gasteiger partial charge >= 0.3 is 0 Å². The molecule has 0 bridgehead atoms. The van der Waals surface area contributed by atoms with E-state index >= 15 is 0 Å². The summed E-state index contributed by atoms with van der Waals surface area (Å²) in [6, 6.07) is 8.61. The fraction of sp³-hybridized carbons (Fsp3) is 0.400. The van der Waals surface area contributed by atoms with Gasteiger partial charge in [0.2, 0.25) is 0 Å². The van der Waals surface area contributed by atoms with Gasteiger partial charge in [0.1, 0.15) is 5.82 Å². The van der Waals surface area contributed by atoms with Gasteiger partial charge in [0, 0.05) is 19.2 Å². The molecule has 0 spiro atoms. The van der Waals surface area contributed by atoms with Crippen LogP contribution in [0.3, 0.4) is 0 Å². The third kappa shape index (κ3) is 2.41. The van der Waals surface area contributed by atoms with Crippen LogP contribution in [-0.4, -0.2) is 29.7 Å². The Bertz CT molecular complexity index is 564. The SMILES string of the molecule is COC1CNC(c2ncc(-c3ccccc3C)[nH]2)C1. The smallest absolute Gasteiger partial charge is 0.123 e. The van der Waals surface area contributed by atoms with E-state index in [0.29, 0.717) is 0 Å². The van der Waals surface area contributed by atoms with Crippen LogP contribution in [0, 0.1) is 6.92 Å². The van der Waals surface area contributed by atoms with Crippen LogP contribution in [0.1, 0.15) is 23.9 Å². The van der Waals surface area contributed by atoms with E-state index < -0.39 is 0 Å². The molecule has 1 fully saturated rings. The van der Waals surface area contributed by atoms with E-state index in [-0.39, 0.29) is 12.1 Å². The van der Waals surface area contributed by atoms with E-state index in [9.17, 15) is 0 Å². The first kappa shape index (κ1) is 12.4. The molecule has 100 valence electrons. The van der Waals surface area contributed by atoms with Crippen LogP contribution in [0.25, 0.3) is 11.3 Å². The van der Waals surface area contributed by atoms with Crippen molar-refractivity contribution in [2.24, 2.45) is 0 Å². The van der Waals surface area contributed by atoms with E-state index in [0.717, 1.165) is 24.5 Å². The maximum Gasteiger partial charge on any atom is 0.123 e. The van der Waals surface area contributed by atoms with E-state index in [1.165, 1.54) is 11.1 Å². The highest BCUT2D eigenvalue weighted by Gasteiger charge is 2.27. The minimum absolute atomic E-state index is 0.266. The van der Waals surface area contributed by atoms with Gasteiger partial charge in [-0.2, -0.15) is 0 Å². The second-order valence-corrected chi connectivity index (χ2v) is 5.05. The summed E-state index contributed by atoms with van der Waals surface area (Å²) in [4.78, 5) is 7.94. The topological polar surface area (TPSA) is 49.9 Å². The number of ether oxygens (including phenoxy) is 1. The van der Waals surface area contributed by atoms with E-state index in [2.05, 4.69) is 46.5 Å². The van der Waals surface area contributed by atoms with Gasteiger partial charge in [0.15, 0.2) is 0 Å². The molecule has 2 aromatic rings. The number of rotatable bonds is 3. The van der Waals surface area contributed by atoms with E-state index in [1.54, 1.807) is 7.11 Å². The molecule has 2 N–H and O–H groups in total. The Morgan fingerprint density at radius 1 is 1.32 bits per heavy atom. The van der Waals surface area contributed by atoms with Gasteiger partial charge < -0.3 is 15.0 Å². The number of aromatic nitrogens is 2. The van der Waals surface area contributed by atoms with Crippen molar-refractivity contribution in [3.8, 4) is 11.3 Å². The molecule has 0 aliphatic carbocycles. The van der Waals surface area contributed by atoms with Crippen LogP contribution in [0.5, 0.6) is 0 Å². The van der Waals surface area contributed by atoms with E-state index in [1.807, 2.05) is 6.20 Å². The number of H-pyrrole nitrogens is 1. The number of benzene rings is 1. The van der Waals surface area contributed by atoms with Crippen molar-refractivity contribution < 1.29 is 4.74 Å². The Balaban J connectivity index is 1.82. The quantitative estimate of drug-likeness (QED) is 0.888. The number of methoxy groups -OCH3 is 1. The molecule has 1 aromatic carbocycles. The number of aryl methyl sites for hydroxylation is 1. The summed E-state index contributed by atoms with van der Waals surface area (Å²) >= 11 is 0. The largest absolute Gasteiger partial charge is 0.380 e. The summed E-state index contributed by atoms with van der Waals surface area (Å²) in [7, 11) is 1.76. The Hall–Kier alpha value is -1.65. The van der Waals surface area contributed by atoms with Crippen molar-refractivity contribution in [2.45, 2.75) is 25.5 Å². The standard InChI is InChI=1S/C15H19N3O/c1-10-5-3-4-6-12(10)14-9-17-15(18-14)13-7-11(19-2)8-16-13/h3-6,9,11,13,16H,7-8H2,1-2H3,(H,17,18). The van der Waals surface area contributed by atoms with Gasteiger partial charge in [0.05, 0.1) is 24.0 Å². The Labute approximate surface area is 113 Å². The maximum absolute atomic E-state index is 5.37. The number of hydrogen-bond acceptors (Lipinski definition) is 3. The van der Waals surface area contributed by atoms with E-state index in [4.69, 9.17) is 4.74 Å². The molecular formula is C15H19N3O. The second-order valence-electron chi connectivity index (χ2n) is 5.05.